The number of rotatable bonds is 3. The molecule has 0 bridgehead atoms. The van der Waals surface area contributed by atoms with Crippen LogP contribution >= 0.6 is 0 Å². The topological polar surface area (TPSA) is 78.9 Å². The van der Waals surface area contributed by atoms with Crippen molar-refractivity contribution in [3.63, 3.8) is 0 Å². The number of carboxylic acid groups (broad SMARTS) is 1. The van der Waals surface area contributed by atoms with Crippen LogP contribution < -0.4 is 10.1 Å². The van der Waals surface area contributed by atoms with Gasteiger partial charge in [0.2, 0.25) is 0 Å². The van der Waals surface area contributed by atoms with E-state index in [0.29, 0.717) is 19.7 Å². The molecule has 0 aliphatic carbocycles. The first-order valence-electron chi connectivity index (χ1n) is 6.87. The predicted molar refractivity (Wildman–Crippen MR) is 77.2 cm³/mol. The van der Waals surface area contributed by atoms with E-state index in [1.165, 1.54) is 0 Å². The molecular formula is C15H20N2O4. The lowest BCUT2D eigenvalue weighted by molar-refractivity contribution is -0.146. The number of carboxylic acids is 1. The molecule has 0 saturated heterocycles. The van der Waals surface area contributed by atoms with Gasteiger partial charge in [0.25, 0.3) is 0 Å². The first kappa shape index (κ1) is 15.2. The van der Waals surface area contributed by atoms with E-state index in [1.807, 2.05) is 24.3 Å². The molecule has 0 unspecified atom stereocenters. The Hall–Kier alpha value is -2.24. The summed E-state index contributed by atoms with van der Waals surface area (Å²) < 4.78 is 5.60. The van der Waals surface area contributed by atoms with Crippen molar-refractivity contribution in [3.05, 3.63) is 29.8 Å². The summed E-state index contributed by atoms with van der Waals surface area (Å²) in [4.78, 5) is 24.9. The molecule has 0 fully saturated rings. The van der Waals surface area contributed by atoms with Gasteiger partial charge >= 0.3 is 12.0 Å². The van der Waals surface area contributed by atoms with Crippen LogP contribution in [-0.2, 0) is 11.3 Å². The molecule has 0 radical (unpaired) electrons. The quantitative estimate of drug-likeness (QED) is 0.888. The number of urea groups is 1. The van der Waals surface area contributed by atoms with Crippen LogP contribution in [0.25, 0.3) is 0 Å². The zero-order chi connectivity index (χ0) is 15.5. The summed E-state index contributed by atoms with van der Waals surface area (Å²) in [5, 5.41) is 11.7. The maximum atomic E-state index is 12.2. The highest BCUT2D eigenvalue weighted by Gasteiger charge is 2.29. The predicted octanol–water partition coefficient (Wildman–Crippen LogP) is 1.70. The standard InChI is InChI=1S/C15H20N2O4/c1-15(2,13(18)19)10-16-14(20)17-7-8-21-12-6-4-3-5-11(12)9-17/h3-6H,7-10H2,1-2H3,(H,16,20)(H,18,19). The third kappa shape index (κ3) is 3.65. The zero-order valence-corrected chi connectivity index (χ0v) is 12.3. The lowest BCUT2D eigenvalue weighted by Gasteiger charge is -2.24. The molecule has 0 aromatic heterocycles. The number of amides is 2. The molecule has 2 N–H and O–H groups in total. The van der Waals surface area contributed by atoms with Crippen molar-refractivity contribution < 1.29 is 19.4 Å². The van der Waals surface area contributed by atoms with Crippen molar-refractivity contribution in [1.82, 2.24) is 10.2 Å². The summed E-state index contributed by atoms with van der Waals surface area (Å²) in [5.41, 5.74) is -0.0433. The summed E-state index contributed by atoms with van der Waals surface area (Å²) in [6.07, 6.45) is 0. The van der Waals surface area contributed by atoms with Gasteiger partial charge in [0, 0.05) is 12.1 Å². The van der Waals surface area contributed by atoms with E-state index in [1.54, 1.807) is 18.7 Å². The molecular weight excluding hydrogens is 272 g/mol. The lowest BCUT2D eigenvalue weighted by Crippen LogP contribution is -2.45. The molecule has 0 saturated carbocycles. The van der Waals surface area contributed by atoms with Gasteiger partial charge in [0.15, 0.2) is 0 Å². The number of aliphatic carboxylic acids is 1. The number of fused-ring (bicyclic) bond motifs is 1. The Balaban J connectivity index is 1.99. The highest BCUT2D eigenvalue weighted by atomic mass is 16.5. The van der Waals surface area contributed by atoms with E-state index in [2.05, 4.69) is 5.32 Å². The molecule has 0 atom stereocenters. The number of ether oxygens (including phenoxy) is 1. The molecule has 1 heterocycles. The molecule has 1 aliphatic rings. The Kier molecular flexibility index (Phi) is 4.35. The second-order valence-electron chi connectivity index (χ2n) is 5.73. The maximum absolute atomic E-state index is 12.2. The molecule has 21 heavy (non-hydrogen) atoms. The van der Waals surface area contributed by atoms with Crippen molar-refractivity contribution in [2.45, 2.75) is 20.4 Å². The molecule has 2 rings (SSSR count). The number of para-hydroxylation sites is 1. The Morgan fingerprint density at radius 1 is 1.38 bits per heavy atom. The fourth-order valence-corrected chi connectivity index (χ4v) is 1.98. The van der Waals surface area contributed by atoms with Crippen LogP contribution in [-0.4, -0.2) is 41.7 Å². The van der Waals surface area contributed by atoms with Crippen molar-refractivity contribution in [2.24, 2.45) is 5.41 Å². The molecule has 1 aromatic rings. The average Bonchev–Trinajstić information content (AvgIpc) is 2.66. The van der Waals surface area contributed by atoms with E-state index in [4.69, 9.17) is 9.84 Å². The third-order valence-electron chi connectivity index (χ3n) is 3.50. The van der Waals surface area contributed by atoms with E-state index in [-0.39, 0.29) is 12.6 Å². The highest BCUT2D eigenvalue weighted by molar-refractivity contribution is 5.77. The van der Waals surface area contributed by atoms with Crippen molar-refractivity contribution in [1.29, 1.82) is 0 Å². The average molecular weight is 292 g/mol. The fraction of sp³-hybridized carbons (Fsp3) is 0.467. The van der Waals surface area contributed by atoms with Crippen LogP contribution in [0.2, 0.25) is 0 Å². The first-order valence-corrected chi connectivity index (χ1v) is 6.87. The van der Waals surface area contributed by atoms with Crippen molar-refractivity contribution in [3.8, 4) is 5.75 Å². The van der Waals surface area contributed by atoms with Gasteiger partial charge in [-0.15, -0.1) is 0 Å². The number of hydrogen-bond acceptors (Lipinski definition) is 3. The van der Waals surface area contributed by atoms with Gasteiger partial charge < -0.3 is 20.1 Å². The van der Waals surface area contributed by atoms with Crippen LogP contribution in [0.4, 0.5) is 4.79 Å². The van der Waals surface area contributed by atoms with E-state index >= 15 is 0 Å². The van der Waals surface area contributed by atoms with E-state index in [0.717, 1.165) is 11.3 Å². The minimum atomic E-state index is -0.990. The number of hydrogen-bond donors (Lipinski definition) is 2. The van der Waals surface area contributed by atoms with Gasteiger partial charge in [-0.2, -0.15) is 0 Å². The number of nitrogens with one attached hydrogen (secondary N) is 1. The molecule has 1 aliphatic heterocycles. The minimum absolute atomic E-state index is 0.0835. The smallest absolute Gasteiger partial charge is 0.317 e. The Morgan fingerprint density at radius 2 is 2.10 bits per heavy atom. The molecule has 0 spiro atoms. The molecule has 2 amide bonds. The molecule has 1 aromatic carbocycles. The van der Waals surface area contributed by atoms with Crippen LogP contribution in [0, 0.1) is 5.41 Å². The second kappa shape index (κ2) is 6.03. The lowest BCUT2D eigenvalue weighted by atomic mass is 9.94. The van der Waals surface area contributed by atoms with Crippen LogP contribution in [0.5, 0.6) is 5.75 Å². The van der Waals surface area contributed by atoms with Gasteiger partial charge in [-0.1, -0.05) is 18.2 Å². The number of carbonyl (C=O) groups is 2. The number of benzene rings is 1. The summed E-state index contributed by atoms with van der Waals surface area (Å²) in [7, 11) is 0. The SMILES string of the molecule is CC(C)(CNC(=O)N1CCOc2ccccc2C1)C(=O)O. The van der Waals surface area contributed by atoms with Gasteiger partial charge in [0.05, 0.1) is 18.5 Å². The zero-order valence-electron chi connectivity index (χ0n) is 12.3. The van der Waals surface area contributed by atoms with Crippen LogP contribution in [0.15, 0.2) is 24.3 Å². The van der Waals surface area contributed by atoms with E-state index in [9.17, 15) is 9.59 Å². The highest BCUT2D eigenvalue weighted by Crippen LogP contribution is 2.22. The maximum Gasteiger partial charge on any atom is 0.317 e. The number of carbonyl (C=O) groups excluding carboxylic acids is 1. The Labute approximate surface area is 123 Å². The van der Waals surface area contributed by atoms with E-state index < -0.39 is 11.4 Å². The summed E-state index contributed by atoms with van der Waals surface area (Å²) >= 11 is 0. The monoisotopic (exact) mass is 292 g/mol. The molecule has 114 valence electrons. The summed E-state index contributed by atoms with van der Waals surface area (Å²) in [6, 6.07) is 7.32. The Morgan fingerprint density at radius 3 is 2.81 bits per heavy atom. The largest absolute Gasteiger partial charge is 0.491 e. The van der Waals surface area contributed by atoms with Crippen molar-refractivity contribution >= 4 is 12.0 Å². The van der Waals surface area contributed by atoms with Crippen molar-refractivity contribution in [2.75, 3.05) is 19.7 Å². The minimum Gasteiger partial charge on any atom is -0.491 e. The van der Waals surface area contributed by atoms with Gasteiger partial charge in [-0.3, -0.25) is 4.79 Å². The van der Waals surface area contributed by atoms with Gasteiger partial charge in [0.1, 0.15) is 12.4 Å². The third-order valence-corrected chi connectivity index (χ3v) is 3.50. The van der Waals surface area contributed by atoms with Crippen LogP contribution in [0.1, 0.15) is 19.4 Å². The summed E-state index contributed by atoms with van der Waals surface area (Å²) in [6.45, 7) is 4.59. The molecule has 6 nitrogen and oxygen atoms in total. The Bertz CT molecular complexity index is 542. The van der Waals surface area contributed by atoms with Crippen LogP contribution in [0.3, 0.4) is 0 Å². The fourth-order valence-electron chi connectivity index (χ4n) is 1.98. The summed E-state index contributed by atoms with van der Waals surface area (Å²) in [5.74, 6) is -0.147. The normalized spacial score (nSPS) is 14.7. The molecule has 6 heteroatoms. The first-order chi connectivity index (χ1) is 9.90. The van der Waals surface area contributed by atoms with Gasteiger partial charge in [-0.05, 0) is 19.9 Å². The number of nitrogens with zero attached hydrogens (tertiary/aromatic N) is 1. The second-order valence-corrected chi connectivity index (χ2v) is 5.73. The van der Waals surface area contributed by atoms with Gasteiger partial charge in [-0.25, -0.2) is 4.79 Å².